The number of carbonyl (C=O) groups is 2. The van der Waals surface area contributed by atoms with Crippen LogP contribution in [0.3, 0.4) is 0 Å². The molecule has 5 nitrogen and oxygen atoms in total. The van der Waals surface area contributed by atoms with Crippen LogP contribution in [0.15, 0.2) is 0 Å². The third kappa shape index (κ3) is 2.42. The first-order valence-corrected chi connectivity index (χ1v) is 4.27. The van der Waals surface area contributed by atoms with E-state index < -0.39 is 12.0 Å². The topological polar surface area (TPSA) is 69.6 Å². The number of piperazine rings is 1. The number of hydrogen-bond acceptors (Lipinski definition) is 3. The molecule has 1 aliphatic heterocycles. The van der Waals surface area contributed by atoms with Gasteiger partial charge < -0.3 is 10.4 Å². The van der Waals surface area contributed by atoms with Crippen LogP contribution in [0.25, 0.3) is 0 Å². The van der Waals surface area contributed by atoms with E-state index in [1.54, 1.807) is 0 Å². The maximum Gasteiger partial charge on any atom is 0.327 e. The number of amides is 1. The number of nitrogens with zero attached hydrogens (tertiary/aromatic N) is 1. The number of hydrogen-bond donors (Lipinski definition) is 2. The molecule has 1 saturated heterocycles. The van der Waals surface area contributed by atoms with Gasteiger partial charge in [-0.25, -0.2) is 4.79 Å². The molecule has 1 heterocycles. The number of nitrogens with one attached hydrogen (secondary N) is 1. The van der Waals surface area contributed by atoms with E-state index in [2.05, 4.69) is 5.32 Å². The van der Waals surface area contributed by atoms with Gasteiger partial charge in [0.15, 0.2) is 0 Å². The summed E-state index contributed by atoms with van der Waals surface area (Å²) in [4.78, 5) is 23.5. The van der Waals surface area contributed by atoms with E-state index in [9.17, 15) is 9.59 Å². The van der Waals surface area contributed by atoms with Crippen molar-refractivity contribution in [1.29, 1.82) is 0 Å². The molecule has 13 heavy (non-hydrogen) atoms. The first kappa shape index (κ1) is 9.98. The molecule has 0 saturated carbocycles. The van der Waals surface area contributed by atoms with E-state index >= 15 is 0 Å². The minimum Gasteiger partial charge on any atom is -0.480 e. The van der Waals surface area contributed by atoms with E-state index in [-0.39, 0.29) is 11.9 Å². The summed E-state index contributed by atoms with van der Waals surface area (Å²) < 4.78 is 0. The van der Waals surface area contributed by atoms with E-state index in [0.717, 1.165) is 0 Å². The van der Waals surface area contributed by atoms with Gasteiger partial charge in [0.05, 0.1) is 6.54 Å². The quantitative estimate of drug-likeness (QED) is 0.597. The molecule has 1 unspecified atom stereocenters. The highest BCUT2D eigenvalue weighted by molar-refractivity contribution is 5.86. The number of rotatable bonds is 2. The number of carboxylic acids is 1. The Bertz CT molecular complexity index is 227. The predicted molar refractivity (Wildman–Crippen MR) is 46.3 cm³/mol. The Labute approximate surface area is 76.7 Å². The minimum atomic E-state index is -0.973. The SMILES string of the molecule is CC(C)N1CC(=O)NC(C(=O)O)C1. The Hall–Kier alpha value is -1.10. The highest BCUT2D eigenvalue weighted by Gasteiger charge is 2.30. The van der Waals surface area contributed by atoms with Crippen LogP contribution < -0.4 is 5.32 Å². The van der Waals surface area contributed by atoms with Crippen molar-refractivity contribution < 1.29 is 14.7 Å². The molecular weight excluding hydrogens is 172 g/mol. The molecule has 0 aliphatic carbocycles. The highest BCUT2D eigenvalue weighted by atomic mass is 16.4. The molecule has 1 aliphatic rings. The van der Waals surface area contributed by atoms with Crippen LogP contribution in [0.5, 0.6) is 0 Å². The maximum atomic E-state index is 11.1. The van der Waals surface area contributed by atoms with Crippen molar-refractivity contribution in [1.82, 2.24) is 10.2 Å². The first-order valence-electron chi connectivity index (χ1n) is 4.27. The van der Waals surface area contributed by atoms with Crippen molar-refractivity contribution in [2.45, 2.75) is 25.9 Å². The maximum absolute atomic E-state index is 11.1. The van der Waals surface area contributed by atoms with Crippen LogP contribution in [-0.2, 0) is 9.59 Å². The first-order chi connectivity index (χ1) is 6.00. The lowest BCUT2D eigenvalue weighted by Crippen LogP contribution is -2.58. The summed E-state index contributed by atoms with van der Waals surface area (Å²) >= 11 is 0. The average molecular weight is 186 g/mol. The van der Waals surface area contributed by atoms with Gasteiger partial charge >= 0.3 is 5.97 Å². The van der Waals surface area contributed by atoms with Gasteiger partial charge in [0.2, 0.25) is 5.91 Å². The summed E-state index contributed by atoms with van der Waals surface area (Å²) in [5, 5.41) is 11.1. The second-order valence-corrected chi connectivity index (χ2v) is 3.48. The molecule has 0 aromatic rings. The fraction of sp³-hybridized carbons (Fsp3) is 0.750. The van der Waals surface area contributed by atoms with Gasteiger partial charge in [0.25, 0.3) is 0 Å². The van der Waals surface area contributed by atoms with Gasteiger partial charge in [-0.05, 0) is 13.8 Å². The number of carbonyl (C=O) groups excluding carboxylic acids is 1. The predicted octanol–water partition coefficient (Wildman–Crippen LogP) is -0.720. The minimum absolute atomic E-state index is 0.202. The zero-order chi connectivity index (χ0) is 10.0. The van der Waals surface area contributed by atoms with Crippen molar-refractivity contribution in [2.75, 3.05) is 13.1 Å². The number of aliphatic carboxylic acids is 1. The molecule has 1 fully saturated rings. The van der Waals surface area contributed by atoms with E-state index in [1.165, 1.54) is 0 Å². The molecule has 0 bridgehead atoms. The molecule has 1 amide bonds. The average Bonchev–Trinajstić information content (AvgIpc) is 2.03. The van der Waals surface area contributed by atoms with Crippen molar-refractivity contribution in [3.8, 4) is 0 Å². The summed E-state index contributed by atoms with van der Waals surface area (Å²) in [6.45, 7) is 4.56. The normalized spacial score (nSPS) is 24.5. The smallest absolute Gasteiger partial charge is 0.327 e. The van der Waals surface area contributed by atoms with Gasteiger partial charge in [-0.2, -0.15) is 0 Å². The van der Waals surface area contributed by atoms with Crippen molar-refractivity contribution in [3.63, 3.8) is 0 Å². The Morgan fingerprint density at radius 1 is 1.69 bits per heavy atom. The largest absolute Gasteiger partial charge is 0.480 e. The third-order valence-corrected chi connectivity index (χ3v) is 2.13. The number of carboxylic acid groups (broad SMARTS) is 1. The van der Waals surface area contributed by atoms with Crippen molar-refractivity contribution in [3.05, 3.63) is 0 Å². The lowest BCUT2D eigenvalue weighted by atomic mass is 10.1. The lowest BCUT2D eigenvalue weighted by molar-refractivity contribution is -0.145. The van der Waals surface area contributed by atoms with Gasteiger partial charge in [-0.1, -0.05) is 0 Å². The zero-order valence-electron chi connectivity index (χ0n) is 7.78. The van der Waals surface area contributed by atoms with Gasteiger partial charge in [0.1, 0.15) is 6.04 Å². The van der Waals surface area contributed by atoms with E-state index in [0.29, 0.717) is 13.1 Å². The summed E-state index contributed by atoms with van der Waals surface area (Å²) in [6.07, 6.45) is 0. The fourth-order valence-electron chi connectivity index (χ4n) is 1.30. The standard InChI is InChI=1S/C8H14N2O3/c1-5(2)10-3-6(8(12)13)9-7(11)4-10/h5-6H,3-4H2,1-2H3,(H,9,11)(H,12,13). The Morgan fingerprint density at radius 3 is 2.77 bits per heavy atom. The van der Waals surface area contributed by atoms with Crippen molar-refractivity contribution in [2.24, 2.45) is 0 Å². The van der Waals surface area contributed by atoms with Crippen molar-refractivity contribution >= 4 is 11.9 Å². The third-order valence-electron chi connectivity index (χ3n) is 2.13. The van der Waals surface area contributed by atoms with Gasteiger partial charge in [-0.15, -0.1) is 0 Å². The highest BCUT2D eigenvalue weighted by Crippen LogP contribution is 2.04. The van der Waals surface area contributed by atoms with Crippen LogP contribution in [0.1, 0.15) is 13.8 Å². The molecule has 0 aromatic heterocycles. The van der Waals surface area contributed by atoms with Crippen LogP contribution >= 0.6 is 0 Å². The Kier molecular flexibility index (Phi) is 2.87. The van der Waals surface area contributed by atoms with E-state index in [1.807, 2.05) is 18.7 Å². The summed E-state index contributed by atoms with van der Waals surface area (Å²) in [6, 6.07) is -0.559. The molecular formula is C8H14N2O3. The van der Waals surface area contributed by atoms with Crippen LogP contribution in [0, 0.1) is 0 Å². The molecule has 0 aromatic carbocycles. The Balaban J connectivity index is 2.63. The van der Waals surface area contributed by atoms with E-state index in [4.69, 9.17) is 5.11 Å². The Morgan fingerprint density at radius 2 is 2.31 bits per heavy atom. The summed E-state index contributed by atoms with van der Waals surface area (Å²) in [5.74, 6) is -1.19. The van der Waals surface area contributed by atoms with Gasteiger partial charge in [0, 0.05) is 12.6 Å². The molecule has 74 valence electrons. The van der Waals surface area contributed by atoms with Gasteiger partial charge in [-0.3, -0.25) is 9.69 Å². The fourth-order valence-corrected chi connectivity index (χ4v) is 1.30. The molecule has 1 atom stereocenters. The molecule has 0 spiro atoms. The lowest BCUT2D eigenvalue weighted by Gasteiger charge is -2.33. The van der Waals surface area contributed by atoms with Crippen LogP contribution in [0.2, 0.25) is 0 Å². The summed E-state index contributed by atoms with van der Waals surface area (Å²) in [5.41, 5.74) is 0. The molecule has 5 heteroatoms. The monoisotopic (exact) mass is 186 g/mol. The van der Waals surface area contributed by atoms with Crippen LogP contribution in [0.4, 0.5) is 0 Å². The molecule has 1 rings (SSSR count). The summed E-state index contributed by atoms with van der Waals surface area (Å²) in [7, 11) is 0. The second kappa shape index (κ2) is 3.74. The zero-order valence-corrected chi connectivity index (χ0v) is 7.78. The molecule has 2 N–H and O–H groups in total. The molecule has 0 radical (unpaired) electrons. The van der Waals surface area contributed by atoms with Crippen LogP contribution in [-0.4, -0.2) is 47.1 Å². The second-order valence-electron chi connectivity index (χ2n) is 3.48.